The third-order valence-corrected chi connectivity index (χ3v) is 3.23. The highest BCUT2D eigenvalue weighted by atomic mass is 19.1. The fourth-order valence-corrected chi connectivity index (χ4v) is 2.20. The minimum Gasteiger partial charge on any atom is -0.494 e. The SMILES string of the molecule is COc1cccc(C(O)c2ccc(C)cc2C)c1F. The summed E-state index contributed by atoms with van der Waals surface area (Å²) in [6.07, 6.45) is -0.990. The molecule has 2 aromatic carbocycles. The molecule has 0 aromatic heterocycles. The van der Waals surface area contributed by atoms with Crippen molar-refractivity contribution in [2.75, 3.05) is 7.11 Å². The zero-order valence-corrected chi connectivity index (χ0v) is 11.3. The number of hydrogen-bond donors (Lipinski definition) is 1. The Kier molecular flexibility index (Phi) is 3.86. The van der Waals surface area contributed by atoms with Crippen LogP contribution in [0.2, 0.25) is 0 Å². The Morgan fingerprint density at radius 1 is 1.11 bits per heavy atom. The van der Waals surface area contributed by atoms with Crippen molar-refractivity contribution in [3.05, 3.63) is 64.5 Å². The number of aliphatic hydroxyl groups excluding tert-OH is 1. The van der Waals surface area contributed by atoms with E-state index in [4.69, 9.17) is 4.74 Å². The van der Waals surface area contributed by atoms with Crippen LogP contribution in [0.5, 0.6) is 5.75 Å². The summed E-state index contributed by atoms with van der Waals surface area (Å²) in [4.78, 5) is 0. The molecule has 0 fully saturated rings. The van der Waals surface area contributed by atoms with Gasteiger partial charge in [0, 0.05) is 5.56 Å². The van der Waals surface area contributed by atoms with Crippen LogP contribution in [-0.2, 0) is 0 Å². The summed E-state index contributed by atoms with van der Waals surface area (Å²) in [7, 11) is 1.41. The van der Waals surface area contributed by atoms with Crippen LogP contribution < -0.4 is 4.74 Å². The normalized spacial score (nSPS) is 12.3. The van der Waals surface area contributed by atoms with Crippen molar-refractivity contribution in [2.45, 2.75) is 20.0 Å². The number of benzene rings is 2. The van der Waals surface area contributed by atoms with E-state index in [-0.39, 0.29) is 11.3 Å². The van der Waals surface area contributed by atoms with Crippen LogP contribution in [0.25, 0.3) is 0 Å². The Morgan fingerprint density at radius 2 is 1.84 bits per heavy atom. The Balaban J connectivity index is 2.47. The van der Waals surface area contributed by atoms with Gasteiger partial charge in [-0.25, -0.2) is 4.39 Å². The van der Waals surface area contributed by atoms with Crippen molar-refractivity contribution in [3.63, 3.8) is 0 Å². The lowest BCUT2D eigenvalue weighted by atomic mass is 9.95. The molecule has 0 bridgehead atoms. The first-order valence-corrected chi connectivity index (χ1v) is 6.12. The molecule has 0 aliphatic carbocycles. The highest BCUT2D eigenvalue weighted by molar-refractivity contribution is 5.40. The Bertz CT molecular complexity index is 593. The van der Waals surface area contributed by atoms with Crippen molar-refractivity contribution < 1.29 is 14.2 Å². The van der Waals surface area contributed by atoms with E-state index in [1.54, 1.807) is 12.1 Å². The van der Waals surface area contributed by atoms with Gasteiger partial charge in [-0.15, -0.1) is 0 Å². The molecule has 0 aliphatic rings. The van der Waals surface area contributed by atoms with Crippen molar-refractivity contribution in [1.82, 2.24) is 0 Å². The maximum Gasteiger partial charge on any atom is 0.171 e. The summed E-state index contributed by atoms with van der Waals surface area (Å²) >= 11 is 0. The molecule has 0 saturated carbocycles. The van der Waals surface area contributed by atoms with Gasteiger partial charge in [0.25, 0.3) is 0 Å². The van der Waals surface area contributed by atoms with Gasteiger partial charge in [0.2, 0.25) is 0 Å². The average Bonchev–Trinajstić information content (AvgIpc) is 2.38. The van der Waals surface area contributed by atoms with E-state index >= 15 is 0 Å². The third-order valence-electron chi connectivity index (χ3n) is 3.23. The number of aliphatic hydroxyl groups is 1. The molecular formula is C16H17FO2. The minimum atomic E-state index is -0.990. The van der Waals surface area contributed by atoms with Gasteiger partial charge in [0.05, 0.1) is 7.11 Å². The molecule has 100 valence electrons. The molecule has 1 atom stereocenters. The molecule has 0 heterocycles. The zero-order valence-electron chi connectivity index (χ0n) is 11.3. The van der Waals surface area contributed by atoms with E-state index in [1.807, 2.05) is 32.0 Å². The number of hydrogen-bond acceptors (Lipinski definition) is 2. The Hall–Kier alpha value is -1.87. The lowest BCUT2D eigenvalue weighted by molar-refractivity contribution is 0.212. The zero-order chi connectivity index (χ0) is 14.0. The summed E-state index contributed by atoms with van der Waals surface area (Å²) in [5.41, 5.74) is 2.98. The van der Waals surface area contributed by atoms with Gasteiger partial charge in [-0.05, 0) is 31.0 Å². The van der Waals surface area contributed by atoms with Crippen LogP contribution in [0.3, 0.4) is 0 Å². The second-order valence-corrected chi connectivity index (χ2v) is 4.63. The van der Waals surface area contributed by atoms with E-state index in [0.717, 1.165) is 11.1 Å². The molecule has 1 N–H and O–H groups in total. The second kappa shape index (κ2) is 5.41. The summed E-state index contributed by atoms with van der Waals surface area (Å²) in [6.45, 7) is 3.89. The summed E-state index contributed by atoms with van der Waals surface area (Å²) in [6, 6.07) is 10.5. The van der Waals surface area contributed by atoms with Crippen LogP contribution in [-0.4, -0.2) is 12.2 Å². The lowest BCUT2D eigenvalue weighted by Crippen LogP contribution is -2.05. The molecule has 3 heteroatoms. The van der Waals surface area contributed by atoms with Gasteiger partial charge in [-0.1, -0.05) is 35.9 Å². The minimum absolute atomic E-state index is 0.140. The fraction of sp³-hybridized carbons (Fsp3) is 0.250. The van der Waals surface area contributed by atoms with Crippen molar-refractivity contribution in [2.24, 2.45) is 0 Å². The van der Waals surface area contributed by atoms with Gasteiger partial charge in [0.1, 0.15) is 6.10 Å². The monoisotopic (exact) mass is 260 g/mol. The summed E-state index contributed by atoms with van der Waals surface area (Å²) in [5.74, 6) is -0.376. The number of ether oxygens (including phenoxy) is 1. The lowest BCUT2D eigenvalue weighted by Gasteiger charge is -2.16. The predicted octanol–water partition coefficient (Wildman–Crippen LogP) is 3.53. The third kappa shape index (κ3) is 2.61. The van der Waals surface area contributed by atoms with Crippen LogP contribution >= 0.6 is 0 Å². The smallest absolute Gasteiger partial charge is 0.171 e. The first-order valence-electron chi connectivity index (χ1n) is 6.12. The topological polar surface area (TPSA) is 29.5 Å². The largest absolute Gasteiger partial charge is 0.494 e. The van der Waals surface area contributed by atoms with Crippen LogP contribution in [0.1, 0.15) is 28.4 Å². The molecule has 0 radical (unpaired) electrons. The molecule has 0 aliphatic heterocycles. The van der Waals surface area contributed by atoms with Gasteiger partial charge in [-0.2, -0.15) is 0 Å². The van der Waals surface area contributed by atoms with E-state index in [0.29, 0.717) is 5.56 Å². The molecule has 2 rings (SSSR count). The van der Waals surface area contributed by atoms with Gasteiger partial charge < -0.3 is 9.84 Å². The van der Waals surface area contributed by atoms with E-state index in [9.17, 15) is 9.50 Å². The quantitative estimate of drug-likeness (QED) is 0.914. The van der Waals surface area contributed by atoms with Crippen LogP contribution in [0.15, 0.2) is 36.4 Å². The van der Waals surface area contributed by atoms with Crippen LogP contribution in [0, 0.1) is 19.7 Å². The average molecular weight is 260 g/mol. The number of halogens is 1. The van der Waals surface area contributed by atoms with Crippen molar-refractivity contribution >= 4 is 0 Å². The molecule has 0 amide bonds. The van der Waals surface area contributed by atoms with E-state index < -0.39 is 11.9 Å². The van der Waals surface area contributed by atoms with Gasteiger partial charge in [-0.3, -0.25) is 0 Å². The van der Waals surface area contributed by atoms with Crippen molar-refractivity contribution in [3.8, 4) is 5.75 Å². The predicted molar refractivity (Wildman–Crippen MR) is 72.9 cm³/mol. The molecule has 0 saturated heterocycles. The first kappa shape index (κ1) is 13.6. The summed E-state index contributed by atoms with van der Waals surface area (Å²) in [5, 5.41) is 10.4. The van der Waals surface area contributed by atoms with E-state index in [2.05, 4.69) is 0 Å². The highest BCUT2D eigenvalue weighted by Crippen LogP contribution is 2.30. The van der Waals surface area contributed by atoms with E-state index in [1.165, 1.54) is 13.2 Å². The maximum absolute atomic E-state index is 14.1. The number of rotatable bonds is 3. The number of aryl methyl sites for hydroxylation is 2. The Labute approximate surface area is 112 Å². The summed E-state index contributed by atoms with van der Waals surface area (Å²) < 4.78 is 19.1. The van der Waals surface area contributed by atoms with Gasteiger partial charge in [0.15, 0.2) is 11.6 Å². The first-order chi connectivity index (χ1) is 9.04. The van der Waals surface area contributed by atoms with Crippen LogP contribution in [0.4, 0.5) is 4.39 Å². The number of methoxy groups -OCH3 is 1. The second-order valence-electron chi connectivity index (χ2n) is 4.63. The molecular weight excluding hydrogens is 243 g/mol. The molecule has 1 unspecified atom stereocenters. The van der Waals surface area contributed by atoms with Crippen molar-refractivity contribution in [1.29, 1.82) is 0 Å². The maximum atomic E-state index is 14.1. The van der Waals surface area contributed by atoms with Gasteiger partial charge >= 0.3 is 0 Å². The highest BCUT2D eigenvalue weighted by Gasteiger charge is 2.19. The fourth-order valence-electron chi connectivity index (χ4n) is 2.20. The molecule has 2 aromatic rings. The molecule has 19 heavy (non-hydrogen) atoms. The molecule has 2 nitrogen and oxygen atoms in total. The molecule has 0 spiro atoms. The Morgan fingerprint density at radius 3 is 2.47 bits per heavy atom. The standard InChI is InChI=1S/C16H17FO2/c1-10-7-8-12(11(2)9-10)16(18)13-5-4-6-14(19-3)15(13)17/h4-9,16,18H,1-3H3.